The number of nitrogens with one attached hydrogen (secondary N) is 1. The average Bonchev–Trinajstić information content (AvgIpc) is 2.79. The molecule has 0 amide bonds. The zero-order chi connectivity index (χ0) is 24.7. The van der Waals surface area contributed by atoms with Crippen LogP contribution in [0.15, 0.2) is 29.4 Å². The van der Waals surface area contributed by atoms with Crippen LogP contribution in [0.3, 0.4) is 0 Å². The van der Waals surface area contributed by atoms with Gasteiger partial charge in [-0.25, -0.2) is 13.8 Å². The SMILES string of the molecule is COc1cc(NS(=O)(=O)N2CCN(CCCN(C)C)CC2)nc(SCc2cccc(F)c2F)n1. The van der Waals surface area contributed by atoms with Crippen molar-refractivity contribution in [3.05, 3.63) is 41.5 Å². The maximum Gasteiger partial charge on any atom is 0.302 e. The minimum absolute atomic E-state index is 0.0440. The molecule has 0 bridgehead atoms. The van der Waals surface area contributed by atoms with E-state index in [1.165, 1.54) is 29.6 Å². The lowest BCUT2D eigenvalue weighted by molar-refractivity contribution is 0.182. The summed E-state index contributed by atoms with van der Waals surface area (Å²) in [5.41, 5.74) is 0.155. The van der Waals surface area contributed by atoms with Crippen molar-refractivity contribution < 1.29 is 21.9 Å². The Balaban J connectivity index is 1.62. The molecule has 1 saturated heterocycles. The summed E-state index contributed by atoms with van der Waals surface area (Å²) in [6.07, 6.45) is 1.03. The average molecular weight is 517 g/mol. The quantitative estimate of drug-likeness (QED) is 0.359. The Labute approximate surface area is 203 Å². The number of anilines is 1. The van der Waals surface area contributed by atoms with Crippen LogP contribution in [0, 0.1) is 11.6 Å². The summed E-state index contributed by atoms with van der Waals surface area (Å²) in [4.78, 5) is 12.8. The predicted octanol–water partition coefficient (Wildman–Crippen LogP) is 2.28. The second kappa shape index (κ2) is 12.1. The van der Waals surface area contributed by atoms with Gasteiger partial charge in [-0.05, 0) is 39.7 Å². The molecule has 2 aromatic rings. The van der Waals surface area contributed by atoms with Gasteiger partial charge in [-0.2, -0.15) is 17.7 Å². The van der Waals surface area contributed by atoms with E-state index < -0.39 is 21.8 Å². The van der Waals surface area contributed by atoms with Crippen molar-refractivity contribution in [2.45, 2.75) is 17.3 Å². The van der Waals surface area contributed by atoms with E-state index in [1.807, 2.05) is 14.1 Å². The first-order valence-corrected chi connectivity index (χ1v) is 13.2. The molecule has 1 aliphatic heterocycles. The van der Waals surface area contributed by atoms with Crippen molar-refractivity contribution in [2.24, 2.45) is 0 Å². The Morgan fingerprint density at radius 2 is 1.91 bits per heavy atom. The van der Waals surface area contributed by atoms with Crippen LogP contribution in [-0.2, 0) is 16.0 Å². The first-order chi connectivity index (χ1) is 16.2. The number of methoxy groups -OCH3 is 1. The lowest BCUT2D eigenvalue weighted by Gasteiger charge is -2.34. The maximum atomic E-state index is 13.9. The molecule has 0 atom stereocenters. The minimum Gasteiger partial charge on any atom is -0.481 e. The Kier molecular flexibility index (Phi) is 9.42. The third-order valence-corrected chi connectivity index (χ3v) is 7.67. The first-order valence-electron chi connectivity index (χ1n) is 10.8. The second-order valence-electron chi connectivity index (χ2n) is 8.08. The fourth-order valence-electron chi connectivity index (χ4n) is 3.43. The highest BCUT2D eigenvalue weighted by Crippen LogP contribution is 2.26. The molecule has 0 radical (unpaired) electrons. The molecule has 13 heteroatoms. The van der Waals surface area contributed by atoms with Gasteiger partial charge in [0.05, 0.1) is 7.11 Å². The van der Waals surface area contributed by atoms with Gasteiger partial charge in [0.25, 0.3) is 0 Å². The van der Waals surface area contributed by atoms with Gasteiger partial charge in [0.2, 0.25) is 5.88 Å². The molecule has 0 spiro atoms. The van der Waals surface area contributed by atoms with E-state index in [-0.39, 0.29) is 28.2 Å². The van der Waals surface area contributed by atoms with Crippen molar-refractivity contribution in [3.8, 4) is 5.88 Å². The van der Waals surface area contributed by atoms with Crippen LogP contribution in [0.5, 0.6) is 5.88 Å². The number of hydrogen-bond acceptors (Lipinski definition) is 8. The number of ether oxygens (including phenoxy) is 1. The Hall–Kier alpha value is -2.06. The molecule has 1 N–H and O–H groups in total. The normalized spacial score (nSPS) is 15.6. The third-order valence-electron chi connectivity index (χ3n) is 5.26. The Morgan fingerprint density at radius 1 is 1.18 bits per heavy atom. The van der Waals surface area contributed by atoms with Gasteiger partial charge in [-0.15, -0.1) is 0 Å². The summed E-state index contributed by atoms with van der Waals surface area (Å²) in [6.45, 7) is 3.97. The highest BCUT2D eigenvalue weighted by Gasteiger charge is 2.27. The number of nitrogens with zero attached hydrogens (tertiary/aromatic N) is 5. The van der Waals surface area contributed by atoms with E-state index >= 15 is 0 Å². The number of aromatic nitrogens is 2. The zero-order valence-corrected chi connectivity index (χ0v) is 21.1. The molecular formula is C21H30F2N6O3S2. The van der Waals surface area contributed by atoms with Crippen molar-refractivity contribution in [1.82, 2.24) is 24.1 Å². The van der Waals surface area contributed by atoms with Gasteiger partial charge < -0.3 is 14.5 Å². The molecule has 0 unspecified atom stereocenters. The van der Waals surface area contributed by atoms with E-state index in [2.05, 4.69) is 24.5 Å². The molecule has 34 heavy (non-hydrogen) atoms. The number of benzene rings is 1. The van der Waals surface area contributed by atoms with Crippen LogP contribution < -0.4 is 9.46 Å². The monoisotopic (exact) mass is 516 g/mol. The van der Waals surface area contributed by atoms with Crippen LogP contribution in [-0.4, -0.2) is 93.0 Å². The molecule has 1 aromatic heterocycles. The number of piperazine rings is 1. The second-order valence-corrected chi connectivity index (χ2v) is 10.7. The van der Waals surface area contributed by atoms with Crippen LogP contribution in [0.2, 0.25) is 0 Å². The van der Waals surface area contributed by atoms with Crippen LogP contribution in [0.4, 0.5) is 14.6 Å². The molecule has 0 saturated carbocycles. The first kappa shape index (κ1) is 26.5. The van der Waals surface area contributed by atoms with Crippen LogP contribution >= 0.6 is 11.8 Å². The Morgan fingerprint density at radius 3 is 2.59 bits per heavy atom. The Bertz CT molecular complexity index is 1070. The largest absolute Gasteiger partial charge is 0.481 e. The van der Waals surface area contributed by atoms with E-state index in [1.54, 1.807) is 0 Å². The van der Waals surface area contributed by atoms with Crippen LogP contribution in [0.1, 0.15) is 12.0 Å². The fraction of sp³-hybridized carbons (Fsp3) is 0.524. The summed E-state index contributed by atoms with van der Waals surface area (Å²) < 4.78 is 62.3. The van der Waals surface area contributed by atoms with E-state index in [0.29, 0.717) is 26.2 Å². The van der Waals surface area contributed by atoms with Gasteiger partial charge in [-0.1, -0.05) is 23.9 Å². The van der Waals surface area contributed by atoms with Gasteiger partial charge in [0.15, 0.2) is 16.8 Å². The number of hydrogen-bond donors (Lipinski definition) is 1. The molecular weight excluding hydrogens is 486 g/mol. The lowest BCUT2D eigenvalue weighted by Crippen LogP contribution is -2.50. The van der Waals surface area contributed by atoms with Crippen LogP contribution in [0.25, 0.3) is 0 Å². The summed E-state index contributed by atoms with van der Waals surface area (Å²) in [7, 11) is 1.63. The van der Waals surface area contributed by atoms with E-state index in [4.69, 9.17) is 4.74 Å². The smallest absolute Gasteiger partial charge is 0.302 e. The van der Waals surface area contributed by atoms with Crippen molar-refractivity contribution in [2.75, 3.05) is 65.2 Å². The molecule has 9 nitrogen and oxygen atoms in total. The standard InChI is InChI=1S/C21H30F2N6O3S2/c1-27(2)8-5-9-28-10-12-29(13-11-28)34(30,31)26-18-14-19(32-3)25-21(24-18)33-15-16-6-4-7-17(22)20(16)23/h4,6-7,14H,5,8-13,15H2,1-3H3,(H,24,25,26). The van der Waals surface area contributed by atoms with Gasteiger partial charge in [0, 0.05) is 43.6 Å². The molecule has 2 heterocycles. The van der Waals surface area contributed by atoms with Crippen molar-refractivity contribution >= 4 is 27.8 Å². The van der Waals surface area contributed by atoms with Gasteiger partial charge >= 0.3 is 10.2 Å². The minimum atomic E-state index is -3.83. The molecule has 1 aromatic carbocycles. The summed E-state index contributed by atoms with van der Waals surface area (Å²) in [6, 6.07) is 5.31. The molecule has 0 aliphatic carbocycles. The van der Waals surface area contributed by atoms with Crippen molar-refractivity contribution in [3.63, 3.8) is 0 Å². The van der Waals surface area contributed by atoms with Crippen molar-refractivity contribution in [1.29, 1.82) is 0 Å². The lowest BCUT2D eigenvalue weighted by atomic mass is 10.2. The maximum absolute atomic E-state index is 13.9. The fourth-order valence-corrected chi connectivity index (χ4v) is 5.40. The summed E-state index contributed by atoms with van der Waals surface area (Å²) in [5, 5.41) is 0.173. The summed E-state index contributed by atoms with van der Waals surface area (Å²) >= 11 is 1.04. The highest BCUT2D eigenvalue weighted by molar-refractivity contribution is 7.98. The third kappa shape index (κ3) is 7.47. The molecule has 1 aliphatic rings. The number of thioether (sulfide) groups is 1. The molecule has 3 rings (SSSR count). The number of halogens is 2. The zero-order valence-electron chi connectivity index (χ0n) is 19.5. The molecule has 1 fully saturated rings. The van der Waals surface area contributed by atoms with E-state index in [0.717, 1.165) is 37.3 Å². The highest BCUT2D eigenvalue weighted by atomic mass is 32.2. The molecule has 188 valence electrons. The number of rotatable bonds is 11. The van der Waals surface area contributed by atoms with Gasteiger partial charge in [0.1, 0.15) is 5.82 Å². The summed E-state index contributed by atoms with van der Waals surface area (Å²) in [5.74, 6) is -1.60. The van der Waals surface area contributed by atoms with Gasteiger partial charge in [-0.3, -0.25) is 4.72 Å². The van der Waals surface area contributed by atoms with E-state index in [9.17, 15) is 17.2 Å². The topological polar surface area (TPSA) is 90.9 Å². The predicted molar refractivity (Wildman–Crippen MR) is 128 cm³/mol.